The minimum atomic E-state index is -3.61. The van der Waals surface area contributed by atoms with Crippen molar-refractivity contribution in [2.45, 2.75) is 49.1 Å². The van der Waals surface area contributed by atoms with Crippen LogP contribution >= 0.6 is 0 Å². The predicted octanol–water partition coefficient (Wildman–Crippen LogP) is 2.14. The van der Waals surface area contributed by atoms with Crippen molar-refractivity contribution in [3.05, 3.63) is 60.9 Å². The first-order chi connectivity index (χ1) is 14.5. The summed E-state index contributed by atoms with van der Waals surface area (Å²) in [4.78, 5) is 8.58. The van der Waals surface area contributed by atoms with E-state index >= 15 is 0 Å². The lowest BCUT2D eigenvalue weighted by Crippen LogP contribution is -2.47. The number of nitrogens with zero attached hydrogens (tertiary/aromatic N) is 5. The zero-order valence-corrected chi connectivity index (χ0v) is 17.5. The van der Waals surface area contributed by atoms with Gasteiger partial charge in [-0.25, -0.2) is 23.1 Å². The van der Waals surface area contributed by atoms with Gasteiger partial charge >= 0.3 is 0 Å². The summed E-state index contributed by atoms with van der Waals surface area (Å²) in [5, 5.41) is 7.96. The van der Waals surface area contributed by atoms with Crippen molar-refractivity contribution >= 4 is 16.0 Å². The van der Waals surface area contributed by atoms with Gasteiger partial charge in [0.1, 0.15) is 12.7 Å². The Labute approximate surface area is 175 Å². The number of sulfonamides is 1. The van der Waals surface area contributed by atoms with Gasteiger partial charge in [0.25, 0.3) is 0 Å². The third-order valence-corrected chi connectivity index (χ3v) is 7.39. The maximum absolute atomic E-state index is 13.0. The highest BCUT2D eigenvalue weighted by molar-refractivity contribution is 7.89. The van der Waals surface area contributed by atoms with Crippen LogP contribution in [0.2, 0.25) is 0 Å². The molecule has 1 fully saturated rings. The Kier molecular flexibility index (Phi) is 5.78. The summed E-state index contributed by atoms with van der Waals surface area (Å²) in [6.45, 7) is 2.08. The largest absolute Gasteiger partial charge is 0.368 e. The van der Waals surface area contributed by atoms with Crippen LogP contribution in [-0.2, 0) is 10.0 Å². The molecule has 1 aliphatic carbocycles. The predicted molar refractivity (Wildman–Crippen MR) is 112 cm³/mol. The fourth-order valence-electron chi connectivity index (χ4n) is 4.51. The second kappa shape index (κ2) is 8.49. The van der Waals surface area contributed by atoms with Crippen molar-refractivity contribution in [3.63, 3.8) is 0 Å². The third kappa shape index (κ3) is 4.05. The molecular formula is C20H25N7O2S. The summed E-state index contributed by atoms with van der Waals surface area (Å²) in [5.41, 5.74) is 6.64. The first-order valence-corrected chi connectivity index (χ1v) is 11.5. The number of nitrogens with one attached hydrogen (secondary N) is 1. The van der Waals surface area contributed by atoms with Crippen LogP contribution in [0.4, 0.5) is 5.95 Å². The van der Waals surface area contributed by atoms with Crippen molar-refractivity contribution in [2.75, 3.05) is 5.73 Å². The summed E-state index contributed by atoms with van der Waals surface area (Å²) in [6, 6.07) is 8.23. The first-order valence-electron chi connectivity index (χ1n) is 9.98. The van der Waals surface area contributed by atoms with Crippen LogP contribution in [0.1, 0.15) is 43.7 Å². The highest BCUT2D eigenvalue weighted by Crippen LogP contribution is 2.45. The van der Waals surface area contributed by atoms with Gasteiger partial charge < -0.3 is 10.3 Å². The number of benzene rings is 1. The molecule has 1 aliphatic rings. The molecular weight excluding hydrogens is 402 g/mol. The van der Waals surface area contributed by atoms with E-state index in [9.17, 15) is 8.42 Å². The lowest BCUT2D eigenvalue weighted by atomic mass is 9.71. The number of anilines is 1. The Morgan fingerprint density at radius 1 is 1.10 bits per heavy atom. The van der Waals surface area contributed by atoms with Crippen LogP contribution in [0.5, 0.6) is 0 Å². The van der Waals surface area contributed by atoms with E-state index in [0.29, 0.717) is 6.42 Å². The summed E-state index contributed by atoms with van der Waals surface area (Å²) < 4.78 is 30.9. The molecule has 10 heteroatoms. The zero-order valence-electron chi connectivity index (χ0n) is 16.7. The Hall–Kier alpha value is -2.85. The molecule has 1 saturated carbocycles. The average Bonchev–Trinajstić information content (AvgIpc) is 3.29. The van der Waals surface area contributed by atoms with Crippen LogP contribution in [0, 0.1) is 5.92 Å². The molecule has 30 heavy (non-hydrogen) atoms. The van der Waals surface area contributed by atoms with Gasteiger partial charge in [-0.3, -0.25) is 0 Å². The second-order valence-corrected chi connectivity index (χ2v) is 9.29. The van der Waals surface area contributed by atoms with E-state index < -0.39 is 10.0 Å². The molecule has 0 saturated heterocycles. The third-order valence-electron chi connectivity index (χ3n) is 5.89. The molecule has 0 radical (unpaired) electrons. The van der Waals surface area contributed by atoms with Crippen LogP contribution in [0.3, 0.4) is 0 Å². The molecule has 0 bridgehead atoms. The van der Waals surface area contributed by atoms with E-state index in [2.05, 4.69) is 31.8 Å². The monoisotopic (exact) mass is 427 g/mol. The Morgan fingerprint density at radius 3 is 2.40 bits per heavy atom. The number of nitrogen functional groups attached to an aromatic ring is 1. The van der Waals surface area contributed by atoms with Crippen LogP contribution < -0.4 is 10.5 Å². The van der Waals surface area contributed by atoms with Gasteiger partial charge in [-0.1, -0.05) is 25.1 Å². The molecule has 2 unspecified atom stereocenters. The molecule has 2 heterocycles. The minimum absolute atomic E-state index is 0.0329. The van der Waals surface area contributed by atoms with Crippen LogP contribution in [0.15, 0.2) is 60.3 Å². The number of nitrogens with two attached hydrogens (primary N) is 1. The van der Waals surface area contributed by atoms with E-state index in [1.54, 1.807) is 55.4 Å². The van der Waals surface area contributed by atoms with Gasteiger partial charge in [-0.15, -0.1) is 10.2 Å². The van der Waals surface area contributed by atoms with Crippen LogP contribution in [-0.4, -0.2) is 39.2 Å². The SMILES string of the molecule is CCC1[C@H](n2cnnc2)C(c2cnc(N)nc2)CC[C@@H]1NS(=O)(=O)c1ccccc1. The highest BCUT2D eigenvalue weighted by Gasteiger charge is 2.42. The molecule has 158 valence electrons. The molecule has 2 aromatic heterocycles. The Bertz CT molecular complexity index is 1060. The van der Waals surface area contributed by atoms with Gasteiger partial charge in [0, 0.05) is 30.4 Å². The Morgan fingerprint density at radius 2 is 1.77 bits per heavy atom. The molecule has 9 nitrogen and oxygen atoms in total. The zero-order chi connectivity index (χ0) is 21.1. The molecule has 4 atom stereocenters. The fourth-order valence-corrected chi connectivity index (χ4v) is 5.86. The van der Waals surface area contributed by atoms with E-state index in [4.69, 9.17) is 5.73 Å². The Balaban J connectivity index is 1.66. The molecule has 0 spiro atoms. The van der Waals surface area contributed by atoms with Gasteiger partial charge in [0.15, 0.2) is 0 Å². The number of hydrogen-bond acceptors (Lipinski definition) is 7. The van der Waals surface area contributed by atoms with Gasteiger partial charge in [0.2, 0.25) is 16.0 Å². The lowest BCUT2D eigenvalue weighted by Gasteiger charge is -2.43. The number of rotatable bonds is 6. The van der Waals surface area contributed by atoms with Crippen LogP contribution in [0.25, 0.3) is 0 Å². The van der Waals surface area contributed by atoms with E-state index in [1.807, 2.05) is 4.57 Å². The lowest BCUT2D eigenvalue weighted by molar-refractivity contribution is 0.163. The number of aromatic nitrogens is 5. The average molecular weight is 428 g/mol. The highest BCUT2D eigenvalue weighted by atomic mass is 32.2. The molecule has 3 aromatic rings. The topological polar surface area (TPSA) is 129 Å². The van der Waals surface area contributed by atoms with E-state index in [-0.39, 0.29) is 34.8 Å². The van der Waals surface area contributed by atoms with Crippen molar-refractivity contribution in [1.82, 2.24) is 29.5 Å². The second-order valence-electron chi connectivity index (χ2n) is 7.57. The molecule has 3 N–H and O–H groups in total. The molecule has 0 amide bonds. The van der Waals surface area contributed by atoms with E-state index in [1.165, 1.54) is 0 Å². The van der Waals surface area contributed by atoms with Crippen molar-refractivity contribution in [1.29, 1.82) is 0 Å². The van der Waals surface area contributed by atoms with Crippen molar-refractivity contribution < 1.29 is 8.42 Å². The summed E-state index contributed by atoms with van der Waals surface area (Å²) in [6.07, 6.45) is 9.15. The smallest absolute Gasteiger partial charge is 0.240 e. The quantitative estimate of drug-likeness (QED) is 0.616. The van der Waals surface area contributed by atoms with Crippen molar-refractivity contribution in [2.24, 2.45) is 5.92 Å². The standard InChI is InChI=1S/C20H25N7O2S/c1-2-16-18(26-30(28,29)15-6-4-3-5-7-15)9-8-17(14-10-22-20(21)23-11-14)19(16)27-12-24-25-13-27/h3-7,10-13,16-19,26H,2,8-9H2,1H3,(H2,21,22,23)/t16?,17?,18-,19-/m0/s1. The fraction of sp³-hybridized carbons (Fsp3) is 0.400. The normalized spacial score (nSPS) is 24.6. The molecule has 4 rings (SSSR count). The summed E-state index contributed by atoms with van der Waals surface area (Å²) >= 11 is 0. The van der Waals surface area contributed by atoms with Gasteiger partial charge in [-0.2, -0.15) is 0 Å². The van der Waals surface area contributed by atoms with Gasteiger partial charge in [0.05, 0.1) is 4.90 Å². The maximum Gasteiger partial charge on any atom is 0.240 e. The molecule has 0 aliphatic heterocycles. The van der Waals surface area contributed by atoms with Gasteiger partial charge in [-0.05, 0) is 42.9 Å². The maximum atomic E-state index is 13.0. The molecule has 1 aromatic carbocycles. The minimum Gasteiger partial charge on any atom is -0.368 e. The van der Waals surface area contributed by atoms with E-state index in [0.717, 1.165) is 18.4 Å². The first kappa shape index (κ1) is 20.4. The van der Waals surface area contributed by atoms with Crippen molar-refractivity contribution in [3.8, 4) is 0 Å². The summed E-state index contributed by atoms with van der Waals surface area (Å²) in [7, 11) is -3.61. The summed E-state index contributed by atoms with van der Waals surface area (Å²) in [5.74, 6) is 0.371. The number of hydrogen-bond donors (Lipinski definition) is 2.